The maximum atomic E-state index is 12.6. The Bertz CT molecular complexity index is 966. The molecule has 0 aliphatic heterocycles. The van der Waals surface area contributed by atoms with E-state index in [1.807, 2.05) is 32.0 Å². The summed E-state index contributed by atoms with van der Waals surface area (Å²) in [6, 6.07) is 17.5. The number of nitrogens with zero attached hydrogens (tertiary/aromatic N) is 2. The molecule has 0 heterocycles. The highest BCUT2D eigenvalue weighted by Crippen LogP contribution is 2.47. The van der Waals surface area contributed by atoms with Crippen LogP contribution >= 0.6 is 0 Å². The average molecular weight is 429 g/mol. The molecule has 162 valence electrons. The first-order valence-corrected chi connectivity index (χ1v) is 11.8. The summed E-state index contributed by atoms with van der Waals surface area (Å²) in [5.41, 5.74) is 2.57. The zero-order valence-electron chi connectivity index (χ0n) is 18.2. The molecule has 0 atom stereocenters. The molecule has 0 unspecified atom stereocenters. The summed E-state index contributed by atoms with van der Waals surface area (Å²) < 4.78 is 26.5. The Morgan fingerprint density at radius 3 is 2.23 bits per heavy atom. The molecule has 0 bridgehead atoms. The SMILES string of the molecule is CN=C(NCc1ccc(S(=O)(=O)N(C)C(C)C)cc1)NCC1(c2ccccc2)CC1. The topological polar surface area (TPSA) is 73.8 Å². The molecule has 0 amide bonds. The summed E-state index contributed by atoms with van der Waals surface area (Å²) in [6.45, 7) is 5.13. The number of aliphatic imine (C=N–C) groups is 1. The molecule has 3 rings (SSSR count). The van der Waals surface area contributed by atoms with Crippen molar-refractivity contribution in [2.24, 2.45) is 4.99 Å². The van der Waals surface area contributed by atoms with Gasteiger partial charge >= 0.3 is 0 Å². The molecule has 1 aliphatic carbocycles. The highest BCUT2D eigenvalue weighted by molar-refractivity contribution is 7.89. The molecule has 0 radical (unpaired) electrons. The van der Waals surface area contributed by atoms with Crippen LogP contribution in [0.3, 0.4) is 0 Å². The van der Waals surface area contributed by atoms with Crippen molar-refractivity contribution in [2.75, 3.05) is 20.6 Å². The van der Waals surface area contributed by atoms with Gasteiger partial charge in [-0.25, -0.2) is 8.42 Å². The molecule has 2 aromatic rings. The fourth-order valence-electron chi connectivity index (χ4n) is 3.39. The summed E-state index contributed by atoms with van der Waals surface area (Å²) in [7, 11) is -0.0954. The number of hydrogen-bond acceptors (Lipinski definition) is 3. The van der Waals surface area contributed by atoms with Gasteiger partial charge in [0, 0.05) is 38.6 Å². The van der Waals surface area contributed by atoms with Gasteiger partial charge in [-0.2, -0.15) is 4.31 Å². The number of guanidine groups is 1. The number of nitrogens with one attached hydrogen (secondary N) is 2. The first kappa shape index (κ1) is 22.3. The smallest absolute Gasteiger partial charge is 0.243 e. The van der Waals surface area contributed by atoms with Crippen LogP contribution in [-0.2, 0) is 22.0 Å². The second-order valence-electron chi connectivity index (χ2n) is 8.18. The van der Waals surface area contributed by atoms with E-state index in [-0.39, 0.29) is 11.5 Å². The third-order valence-electron chi connectivity index (χ3n) is 5.85. The lowest BCUT2D eigenvalue weighted by Crippen LogP contribution is -2.40. The van der Waals surface area contributed by atoms with Crippen molar-refractivity contribution >= 4 is 16.0 Å². The minimum absolute atomic E-state index is 0.0867. The molecule has 6 nitrogen and oxygen atoms in total. The van der Waals surface area contributed by atoms with Gasteiger partial charge < -0.3 is 10.6 Å². The molecule has 2 aromatic carbocycles. The van der Waals surface area contributed by atoms with Crippen LogP contribution in [0.2, 0.25) is 0 Å². The Morgan fingerprint density at radius 1 is 1.07 bits per heavy atom. The minimum atomic E-state index is -3.46. The van der Waals surface area contributed by atoms with E-state index in [2.05, 4.69) is 39.9 Å². The zero-order chi connectivity index (χ0) is 21.8. The second-order valence-corrected chi connectivity index (χ2v) is 10.2. The molecule has 0 saturated heterocycles. The molecule has 30 heavy (non-hydrogen) atoms. The molecule has 0 spiro atoms. The molecule has 7 heteroatoms. The van der Waals surface area contributed by atoms with Crippen molar-refractivity contribution in [3.05, 3.63) is 65.7 Å². The van der Waals surface area contributed by atoms with Crippen LogP contribution in [0.4, 0.5) is 0 Å². The van der Waals surface area contributed by atoms with Gasteiger partial charge in [0.15, 0.2) is 5.96 Å². The molecule has 0 aromatic heterocycles. The molecule has 1 fully saturated rings. The zero-order valence-corrected chi connectivity index (χ0v) is 19.0. The summed E-state index contributed by atoms with van der Waals surface area (Å²) in [6.07, 6.45) is 2.36. The van der Waals surface area contributed by atoms with Gasteiger partial charge in [0.2, 0.25) is 10.0 Å². The second kappa shape index (κ2) is 9.18. The van der Waals surface area contributed by atoms with E-state index in [9.17, 15) is 8.42 Å². The van der Waals surface area contributed by atoms with Crippen molar-refractivity contribution in [3.8, 4) is 0 Å². The summed E-state index contributed by atoms with van der Waals surface area (Å²) >= 11 is 0. The van der Waals surface area contributed by atoms with Gasteiger partial charge in [-0.3, -0.25) is 4.99 Å². The molecule has 1 aliphatic rings. The maximum absolute atomic E-state index is 12.6. The van der Waals surface area contributed by atoms with Gasteiger partial charge in [-0.15, -0.1) is 0 Å². The van der Waals surface area contributed by atoms with Crippen molar-refractivity contribution in [3.63, 3.8) is 0 Å². The molecular formula is C23H32N4O2S. The standard InChI is InChI=1S/C23H32N4O2S/c1-18(2)27(4)30(28,29)21-12-10-19(11-13-21)16-25-22(24-3)26-17-23(14-15-23)20-8-6-5-7-9-20/h5-13,18H,14-17H2,1-4H3,(H2,24,25,26). The van der Waals surface area contributed by atoms with Gasteiger partial charge in [-0.05, 0) is 49.9 Å². The van der Waals surface area contributed by atoms with Crippen LogP contribution in [0, 0.1) is 0 Å². The average Bonchev–Trinajstić information content (AvgIpc) is 3.55. The Labute approximate surface area is 180 Å². The summed E-state index contributed by atoms with van der Waals surface area (Å²) in [4.78, 5) is 4.63. The first-order chi connectivity index (χ1) is 14.3. The van der Waals surface area contributed by atoms with E-state index in [0.717, 1.165) is 18.1 Å². The van der Waals surface area contributed by atoms with Crippen molar-refractivity contribution in [2.45, 2.75) is 49.6 Å². The number of benzene rings is 2. The number of hydrogen-bond donors (Lipinski definition) is 2. The highest BCUT2D eigenvalue weighted by atomic mass is 32.2. The quantitative estimate of drug-likeness (QED) is 0.501. The highest BCUT2D eigenvalue weighted by Gasteiger charge is 2.43. The normalized spacial score (nSPS) is 16.0. The fourth-order valence-corrected chi connectivity index (χ4v) is 4.76. The number of rotatable bonds is 8. The molecule has 2 N–H and O–H groups in total. The fraction of sp³-hybridized carbons (Fsp3) is 0.435. The third kappa shape index (κ3) is 5.02. The lowest BCUT2D eigenvalue weighted by atomic mass is 9.96. The van der Waals surface area contributed by atoms with Crippen LogP contribution in [-0.4, -0.2) is 45.4 Å². The van der Waals surface area contributed by atoms with Crippen molar-refractivity contribution < 1.29 is 8.42 Å². The van der Waals surface area contributed by atoms with Crippen LogP contribution < -0.4 is 10.6 Å². The third-order valence-corrected chi connectivity index (χ3v) is 7.89. The van der Waals surface area contributed by atoms with E-state index >= 15 is 0 Å². The lowest BCUT2D eigenvalue weighted by Gasteiger charge is -2.21. The summed E-state index contributed by atoms with van der Waals surface area (Å²) in [5, 5.41) is 6.76. The Balaban J connectivity index is 1.56. The van der Waals surface area contributed by atoms with Crippen LogP contribution in [0.25, 0.3) is 0 Å². The van der Waals surface area contributed by atoms with Crippen LogP contribution in [0.1, 0.15) is 37.8 Å². The predicted molar refractivity (Wildman–Crippen MR) is 122 cm³/mol. The van der Waals surface area contributed by atoms with E-state index in [4.69, 9.17) is 0 Å². The van der Waals surface area contributed by atoms with Gasteiger partial charge in [0.1, 0.15) is 0 Å². The van der Waals surface area contributed by atoms with Gasteiger partial charge in [-0.1, -0.05) is 42.5 Å². The predicted octanol–water partition coefficient (Wildman–Crippen LogP) is 3.11. The van der Waals surface area contributed by atoms with Gasteiger partial charge in [0.25, 0.3) is 0 Å². The van der Waals surface area contributed by atoms with E-state index in [1.165, 1.54) is 22.7 Å². The molecule has 1 saturated carbocycles. The van der Waals surface area contributed by atoms with Gasteiger partial charge in [0.05, 0.1) is 4.90 Å². The Hall–Kier alpha value is -2.38. The van der Waals surface area contributed by atoms with E-state index in [1.54, 1.807) is 26.2 Å². The van der Waals surface area contributed by atoms with Crippen molar-refractivity contribution in [1.29, 1.82) is 0 Å². The largest absolute Gasteiger partial charge is 0.356 e. The first-order valence-electron chi connectivity index (χ1n) is 10.4. The Kier molecular flexibility index (Phi) is 6.83. The van der Waals surface area contributed by atoms with E-state index in [0.29, 0.717) is 11.4 Å². The van der Waals surface area contributed by atoms with Crippen LogP contribution in [0.5, 0.6) is 0 Å². The maximum Gasteiger partial charge on any atom is 0.243 e. The Morgan fingerprint density at radius 2 is 1.70 bits per heavy atom. The summed E-state index contributed by atoms with van der Waals surface area (Å²) in [5.74, 6) is 0.744. The minimum Gasteiger partial charge on any atom is -0.356 e. The molecular weight excluding hydrogens is 396 g/mol. The lowest BCUT2D eigenvalue weighted by molar-refractivity contribution is 0.410. The van der Waals surface area contributed by atoms with E-state index < -0.39 is 10.0 Å². The number of sulfonamides is 1. The van der Waals surface area contributed by atoms with Crippen molar-refractivity contribution in [1.82, 2.24) is 14.9 Å². The van der Waals surface area contributed by atoms with Crippen LogP contribution in [0.15, 0.2) is 64.5 Å². The monoisotopic (exact) mass is 428 g/mol.